The van der Waals surface area contributed by atoms with Gasteiger partial charge < -0.3 is 9.64 Å². The molecule has 142 valence electrons. The Hall–Kier alpha value is -2.63. The van der Waals surface area contributed by atoms with Gasteiger partial charge in [0, 0.05) is 32.4 Å². The van der Waals surface area contributed by atoms with Crippen LogP contribution in [0, 0.1) is 11.3 Å². The zero-order valence-corrected chi connectivity index (χ0v) is 16.2. The van der Waals surface area contributed by atoms with Crippen LogP contribution >= 0.6 is 0 Å². The molecule has 1 saturated heterocycles. The molecule has 0 N–H and O–H groups in total. The van der Waals surface area contributed by atoms with E-state index in [0.29, 0.717) is 43.3 Å². The molecule has 27 heavy (non-hydrogen) atoms. The van der Waals surface area contributed by atoms with E-state index in [1.807, 2.05) is 18.7 Å². The first-order chi connectivity index (χ1) is 12.9. The number of piperazine rings is 1. The summed E-state index contributed by atoms with van der Waals surface area (Å²) in [5.74, 6) is 1.25. The Labute approximate surface area is 159 Å². The lowest BCUT2D eigenvalue weighted by molar-refractivity contribution is 0.242. The van der Waals surface area contributed by atoms with E-state index in [2.05, 4.69) is 11.1 Å². The van der Waals surface area contributed by atoms with E-state index in [9.17, 15) is 13.7 Å². The Bertz CT molecular complexity index is 928. The molecule has 1 aliphatic rings. The maximum Gasteiger partial charge on any atom is 0.243 e. The third kappa shape index (κ3) is 4.21. The molecule has 0 atom stereocenters. The number of ether oxygens (including phenoxy) is 1. The summed E-state index contributed by atoms with van der Waals surface area (Å²) in [6.07, 6.45) is 1.67. The van der Waals surface area contributed by atoms with Crippen LogP contribution in [-0.4, -0.2) is 50.0 Å². The summed E-state index contributed by atoms with van der Waals surface area (Å²) in [5.41, 5.74) is 0.495. The first-order valence-electron chi connectivity index (χ1n) is 8.79. The number of sulfonamides is 1. The molecule has 1 aromatic heterocycles. The molecule has 0 spiro atoms. The van der Waals surface area contributed by atoms with Crippen LogP contribution in [0.15, 0.2) is 47.5 Å². The van der Waals surface area contributed by atoms with Gasteiger partial charge in [0.2, 0.25) is 10.0 Å². The van der Waals surface area contributed by atoms with E-state index in [1.54, 1.807) is 42.6 Å². The van der Waals surface area contributed by atoms with Crippen molar-refractivity contribution in [2.45, 2.75) is 24.8 Å². The topological polar surface area (TPSA) is 86.5 Å². The second kappa shape index (κ2) is 7.94. The fourth-order valence-corrected chi connectivity index (χ4v) is 4.41. The predicted octanol–water partition coefficient (Wildman–Crippen LogP) is 2.25. The number of hydrogen-bond donors (Lipinski definition) is 0. The van der Waals surface area contributed by atoms with Crippen LogP contribution in [0.25, 0.3) is 0 Å². The van der Waals surface area contributed by atoms with Crippen molar-refractivity contribution in [2.24, 2.45) is 0 Å². The maximum atomic E-state index is 12.9. The van der Waals surface area contributed by atoms with Crippen LogP contribution in [0.1, 0.15) is 19.4 Å². The third-order valence-corrected chi connectivity index (χ3v) is 6.19. The minimum atomic E-state index is -3.56. The number of anilines is 1. The average Bonchev–Trinajstić information content (AvgIpc) is 2.68. The fraction of sp³-hybridized carbons (Fsp3) is 0.368. The van der Waals surface area contributed by atoms with Gasteiger partial charge in [-0.3, -0.25) is 0 Å². The van der Waals surface area contributed by atoms with Crippen molar-refractivity contribution in [3.05, 3.63) is 48.2 Å². The molecule has 1 aliphatic heterocycles. The van der Waals surface area contributed by atoms with Gasteiger partial charge in [-0.25, -0.2) is 13.4 Å². The van der Waals surface area contributed by atoms with Crippen molar-refractivity contribution < 1.29 is 13.2 Å². The first kappa shape index (κ1) is 19.1. The number of benzene rings is 1. The van der Waals surface area contributed by atoms with Crippen LogP contribution in [-0.2, 0) is 10.0 Å². The molecule has 8 heteroatoms. The molecule has 0 radical (unpaired) electrons. The lowest BCUT2D eigenvalue weighted by atomic mass is 10.2. The Balaban J connectivity index is 1.70. The Morgan fingerprint density at radius 3 is 2.37 bits per heavy atom. The van der Waals surface area contributed by atoms with Gasteiger partial charge in [-0.2, -0.15) is 9.57 Å². The lowest BCUT2D eigenvalue weighted by Crippen LogP contribution is -2.49. The van der Waals surface area contributed by atoms with Crippen molar-refractivity contribution in [1.82, 2.24) is 9.29 Å². The monoisotopic (exact) mass is 386 g/mol. The Morgan fingerprint density at radius 1 is 1.11 bits per heavy atom. The van der Waals surface area contributed by atoms with Crippen LogP contribution in [0.2, 0.25) is 0 Å². The molecule has 1 aromatic carbocycles. The van der Waals surface area contributed by atoms with Crippen molar-refractivity contribution in [3.63, 3.8) is 0 Å². The highest BCUT2D eigenvalue weighted by Gasteiger charge is 2.29. The van der Waals surface area contributed by atoms with Gasteiger partial charge in [0.15, 0.2) is 0 Å². The highest BCUT2D eigenvalue weighted by atomic mass is 32.2. The normalized spacial score (nSPS) is 15.6. The SMILES string of the molecule is CC(C)Oc1ccc(S(=O)(=O)N2CCN(c3ncccc3C#N)CC2)cc1. The summed E-state index contributed by atoms with van der Waals surface area (Å²) in [7, 11) is -3.56. The summed E-state index contributed by atoms with van der Waals surface area (Å²) >= 11 is 0. The molecule has 0 amide bonds. The van der Waals surface area contributed by atoms with Crippen molar-refractivity contribution in [3.8, 4) is 11.8 Å². The van der Waals surface area contributed by atoms with Gasteiger partial charge in [0.25, 0.3) is 0 Å². The zero-order valence-electron chi connectivity index (χ0n) is 15.4. The highest BCUT2D eigenvalue weighted by molar-refractivity contribution is 7.89. The number of nitriles is 1. The standard InChI is InChI=1S/C19H22N4O3S/c1-15(2)26-17-5-7-18(8-6-17)27(24,25)23-12-10-22(11-13-23)19-16(14-20)4-3-9-21-19/h3-9,15H,10-13H2,1-2H3. The van der Waals surface area contributed by atoms with Gasteiger partial charge in [-0.15, -0.1) is 0 Å². The number of pyridine rings is 1. The van der Waals surface area contributed by atoms with Gasteiger partial charge in [-0.1, -0.05) is 0 Å². The van der Waals surface area contributed by atoms with E-state index < -0.39 is 10.0 Å². The smallest absolute Gasteiger partial charge is 0.243 e. The number of aromatic nitrogens is 1. The van der Waals surface area contributed by atoms with Crippen LogP contribution in [0.4, 0.5) is 5.82 Å². The van der Waals surface area contributed by atoms with Gasteiger partial charge in [-0.05, 0) is 50.2 Å². The number of nitrogens with zero attached hydrogens (tertiary/aromatic N) is 4. The highest BCUT2D eigenvalue weighted by Crippen LogP contribution is 2.23. The zero-order chi connectivity index (χ0) is 19.4. The maximum absolute atomic E-state index is 12.9. The summed E-state index contributed by atoms with van der Waals surface area (Å²) in [6, 6.07) is 12.1. The Morgan fingerprint density at radius 2 is 1.78 bits per heavy atom. The largest absolute Gasteiger partial charge is 0.491 e. The average molecular weight is 386 g/mol. The molecule has 2 heterocycles. The molecule has 3 rings (SSSR count). The molecular formula is C19H22N4O3S. The molecule has 7 nitrogen and oxygen atoms in total. The molecule has 2 aromatic rings. The van der Waals surface area contributed by atoms with Crippen LogP contribution in [0.5, 0.6) is 5.75 Å². The van der Waals surface area contributed by atoms with Crippen LogP contribution in [0.3, 0.4) is 0 Å². The van der Waals surface area contributed by atoms with Gasteiger partial charge in [0.1, 0.15) is 17.6 Å². The first-order valence-corrected chi connectivity index (χ1v) is 10.2. The summed E-state index contributed by atoms with van der Waals surface area (Å²) in [6.45, 7) is 5.49. The molecule has 1 fully saturated rings. The minimum Gasteiger partial charge on any atom is -0.491 e. The minimum absolute atomic E-state index is 0.0328. The van der Waals surface area contributed by atoms with E-state index in [0.717, 1.165) is 0 Å². The second-order valence-corrected chi connectivity index (χ2v) is 8.45. The van der Waals surface area contributed by atoms with E-state index >= 15 is 0 Å². The number of hydrogen-bond acceptors (Lipinski definition) is 6. The van der Waals surface area contributed by atoms with E-state index in [1.165, 1.54) is 4.31 Å². The van der Waals surface area contributed by atoms with E-state index in [4.69, 9.17) is 4.74 Å². The van der Waals surface area contributed by atoms with Crippen molar-refractivity contribution >= 4 is 15.8 Å². The van der Waals surface area contributed by atoms with Gasteiger partial charge in [0.05, 0.1) is 16.6 Å². The Kier molecular flexibility index (Phi) is 5.63. The van der Waals surface area contributed by atoms with Crippen molar-refractivity contribution in [1.29, 1.82) is 5.26 Å². The summed E-state index contributed by atoms with van der Waals surface area (Å²) in [4.78, 5) is 6.47. The summed E-state index contributed by atoms with van der Waals surface area (Å²) in [5, 5.41) is 9.22. The molecule has 0 saturated carbocycles. The predicted molar refractivity (Wildman–Crippen MR) is 102 cm³/mol. The molecule has 0 aliphatic carbocycles. The van der Waals surface area contributed by atoms with E-state index in [-0.39, 0.29) is 11.0 Å². The quantitative estimate of drug-likeness (QED) is 0.783. The molecule has 0 bridgehead atoms. The van der Waals surface area contributed by atoms with Gasteiger partial charge >= 0.3 is 0 Å². The van der Waals surface area contributed by atoms with Crippen LogP contribution < -0.4 is 9.64 Å². The number of rotatable bonds is 5. The third-order valence-electron chi connectivity index (χ3n) is 4.28. The molecule has 0 unspecified atom stereocenters. The summed E-state index contributed by atoms with van der Waals surface area (Å²) < 4.78 is 32.8. The molecular weight excluding hydrogens is 364 g/mol. The second-order valence-electron chi connectivity index (χ2n) is 6.52. The van der Waals surface area contributed by atoms with Crippen molar-refractivity contribution in [2.75, 3.05) is 31.1 Å². The lowest BCUT2D eigenvalue weighted by Gasteiger charge is -2.35. The fourth-order valence-electron chi connectivity index (χ4n) is 2.99.